The van der Waals surface area contributed by atoms with Crippen molar-refractivity contribution in [1.82, 2.24) is 4.90 Å². The van der Waals surface area contributed by atoms with Crippen LogP contribution in [-0.4, -0.2) is 28.6 Å². The first kappa shape index (κ1) is 12.6. The molecule has 2 atom stereocenters. The van der Waals surface area contributed by atoms with E-state index in [1.54, 1.807) is 0 Å². The van der Waals surface area contributed by atoms with Crippen molar-refractivity contribution in [3.8, 4) is 0 Å². The zero-order valence-electron chi connectivity index (χ0n) is 9.77. The van der Waals surface area contributed by atoms with Crippen molar-refractivity contribution in [3.05, 3.63) is 34.3 Å². The number of carbonyl (C=O) groups is 1. The van der Waals surface area contributed by atoms with E-state index in [1.165, 1.54) is 0 Å². The van der Waals surface area contributed by atoms with Crippen molar-refractivity contribution < 1.29 is 9.90 Å². The molecule has 3 nitrogen and oxygen atoms in total. The van der Waals surface area contributed by atoms with Gasteiger partial charge in [-0.25, -0.2) is 0 Å². The number of benzene rings is 1. The fraction of sp³-hybridized carbons (Fsp3) is 0.462. The summed E-state index contributed by atoms with van der Waals surface area (Å²) in [5.41, 5.74) is 1.15. The highest BCUT2D eigenvalue weighted by Crippen LogP contribution is 2.27. The molecule has 1 heterocycles. The number of hydrogen-bond donors (Lipinski definition) is 1. The minimum Gasteiger partial charge on any atom is -0.480 e. The molecule has 0 aromatic heterocycles. The molecule has 1 fully saturated rings. The third-order valence-electron chi connectivity index (χ3n) is 3.39. The summed E-state index contributed by atoms with van der Waals surface area (Å²) >= 11 is 3.50. The summed E-state index contributed by atoms with van der Waals surface area (Å²) in [4.78, 5) is 13.3. The minimum absolute atomic E-state index is 0.231. The number of likely N-dealkylation sites (tertiary alicyclic amines) is 1. The lowest BCUT2D eigenvalue weighted by Gasteiger charge is -2.23. The Morgan fingerprint density at radius 1 is 1.53 bits per heavy atom. The Morgan fingerprint density at radius 3 is 2.88 bits per heavy atom. The van der Waals surface area contributed by atoms with Gasteiger partial charge >= 0.3 is 5.97 Å². The molecule has 0 aliphatic carbocycles. The monoisotopic (exact) mass is 297 g/mol. The highest BCUT2D eigenvalue weighted by atomic mass is 79.9. The molecular weight excluding hydrogens is 282 g/mol. The first-order valence-electron chi connectivity index (χ1n) is 5.80. The van der Waals surface area contributed by atoms with Crippen molar-refractivity contribution in [3.63, 3.8) is 0 Å². The van der Waals surface area contributed by atoms with Crippen molar-refractivity contribution in [2.75, 3.05) is 6.54 Å². The van der Waals surface area contributed by atoms with Crippen molar-refractivity contribution in [1.29, 1.82) is 0 Å². The standard InChI is InChI=1S/C13H16BrNO2/c1-9-6-7-15(12(9)13(16)17)8-10-4-2-3-5-11(10)14/h2-5,9,12H,6-8H2,1H3,(H,16,17). The van der Waals surface area contributed by atoms with E-state index < -0.39 is 5.97 Å². The molecule has 0 bridgehead atoms. The van der Waals surface area contributed by atoms with Crippen LogP contribution in [0.2, 0.25) is 0 Å². The third kappa shape index (κ3) is 2.69. The van der Waals surface area contributed by atoms with Crippen molar-refractivity contribution >= 4 is 21.9 Å². The molecule has 2 unspecified atom stereocenters. The van der Waals surface area contributed by atoms with E-state index in [0.29, 0.717) is 6.54 Å². The Morgan fingerprint density at radius 2 is 2.24 bits per heavy atom. The number of nitrogens with zero attached hydrogens (tertiary/aromatic N) is 1. The fourth-order valence-corrected chi connectivity index (χ4v) is 2.86. The molecule has 0 amide bonds. The van der Waals surface area contributed by atoms with E-state index in [-0.39, 0.29) is 12.0 Å². The fourth-order valence-electron chi connectivity index (χ4n) is 2.45. The molecule has 0 spiro atoms. The third-order valence-corrected chi connectivity index (χ3v) is 4.16. The molecule has 17 heavy (non-hydrogen) atoms. The van der Waals surface area contributed by atoms with Crippen LogP contribution in [0.15, 0.2) is 28.7 Å². The van der Waals surface area contributed by atoms with Crippen LogP contribution in [0, 0.1) is 5.92 Å². The van der Waals surface area contributed by atoms with Gasteiger partial charge in [0.15, 0.2) is 0 Å². The topological polar surface area (TPSA) is 40.5 Å². The largest absolute Gasteiger partial charge is 0.480 e. The second-order valence-electron chi connectivity index (χ2n) is 4.61. The number of hydrogen-bond acceptors (Lipinski definition) is 2. The van der Waals surface area contributed by atoms with E-state index in [1.807, 2.05) is 36.1 Å². The molecule has 1 aliphatic rings. The smallest absolute Gasteiger partial charge is 0.321 e. The summed E-state index contributed by atoms with van der Waals surface area (Å²) in [7, 11) is 0. The summed E-state index contributed by atoms with van der Waals surface area (Å²) in [5, 5.41) is 9.25. The van der Waals surface area contributed by atoms with E-state index >= 15 is 0 Å². The van der Waals surface area contributed by atoms with E-state index in [0.717, 1.165) is 23.0 Å². The van der Waals surface area contributed by atoms with Crippen molar-refractivity contribution in [2.45, 2.75) is 25.9 Å². The van der Waals surface area contributed by atoms with Crippen LogP contribution in [0.5, 0.6) is 0 Å². The summed E-state index contributed by atoms with van der Waals surface area (Å²) < 4.78 is 1.05. The number of carboxylic acid groups (broad SMARTS) is 1. The number of aliphatic carboxylic acids is 1. The lowest BCUT2D eigenvalue weighted by Crippen LogP contribution is -2.38. The molecule has 2 rings (SSSR count). The lowest BCUT2D eigenvalue weighted by molar-refractivity contribution is -0.143. The maximum absolute atomic E-state index is 11.2. The maximum Gasteiger partial charge on any atom is 0.321 e. The average molecular weight is 298 g/mol. The maximum atomic E-state index is 11.2. The summed E-state index contributed by atoms with van der Waals surface area (Å²) in [6.45, 7) is 3.57. The zero-order chi connectivity index (χ0) is 12.4. The van der Waals surface area contributed by atoms with Gasteiger partial charge in [0.1, 0.15) is 6.04 Å². The van der Waals surface area contributed by atoms with Gasteiger partial charge in [-0.15, -0.1) is 0 Å². The summed E-state index contributed by atoms with van der Waals surface area (Å²) in [6.07, 6.45) is 0.960. The van der Waals surface area contributed by atoms with Crippen LogP contribution < -0.4 is 0 Å². The van der Waals surface area contributed by atoms with Gasteiger partial charge in [-0.1, -0.05) is 41.1 Å². The van der Waals surface area contributed by atoms with Gasteiger partial charge in [0.25, 0.3) is 0 Å². The Bertz CT molecular complexity index is 422. The van der Waals surface area contributed by atoms with E-state index in [4.69, 9.17) is 0 Å². The molecule has 92 valence electrons. The highest BCUT2D eigenvalue weighted by molar-refractivity contribution is 9.10. The quantitative estimate of drug-likeness (QED) is 0.933. The lowest BCUT2D eigenvalue weighted by atomic mass is 10.0. The van der Waals surface area contributed by atoms with Crippen LogP contribution in [0.3, 0.4) is 0 Å². The summed E-state index contributed by atoms with van der Waals surface area (Å²) in [5.74, 6) is -0.475. The molecule has 1 aromatic rings. The van der Waals surface area contributed by atoms with Crippen LogP contribution in [0.4, 0.5) is 0 Å². The predicted octanol–water partition coefficient (Wildman–Crippen LogP) is 2.74. The van der Waals surface area contributed by atoms with Gasteiger partial charge < -0.3 is 5.11 Å². The van der Waals surface area contributed by atoms with Crippen molar-refractivity contribution in [2.24, 2.45) is 5.92 Å². The predicted molar refractivity (Wildman–Crippen MR) is 69.8 cm³/mol. The molecule has 0 radical (unpaired) electrons. The van der Waals surface area contributed by atoms with Gasteiger partial charge in [0.05, 0.1) is 0 Å². The van der Waals surface area contributed by atoms with Gasteiger partial charge in [0.2, 0.25) is 0 Å². The van der Waals surface area contributed by atoms with Crippen LogP contribution in [0.25, 0.3) is 0 Å². The van der Waals surface area contributed by atoms with Gasteiger partial charge in [-0.05, 0) is 30.5 Å². The first-order chi connectivity index (χ1) is 8.09. The Labute approximate surface area is 110 Å². The SMILES string of the molecule is CC1CCN(Cc2ccccc2Br)C1C(=O)O. The van der Waals surface area contributed by atoms with Crippen LogP contribution in [-0.2, 0) is 11.3 Å². The molecule has 1 N–H and O–H groups in total. The number of carboxylic acids is 1. The molecular formula is C13H16BrNO2. The van der Waals surface area contributed by atoms with Gasteiger partial charge in [-0.2, -0.15) is 0 Å². The van der Waals surface area contributed by atoms with E-state index in [2.05, 4.69) is 15.9 Å². The molecule has 1 aliphatic heterocycles. The van der Waals surface area contributed by atoms with Gasteiger partial charge in [0, 0.05) is 11.0 Å². The second-order valence-corrected chi connectivity index (χ2v) is 5.47. The molecule has 0 saturated carbocycles. The number of halogens is 1. The van der Waals surface area contributed by atoms with E-state index in [9.17, 15) is 9.90 Å². The molecule has 1 aromatic carbocycles. The Balaban J connectivity index is 2.14. The molecule has 4 heteroatoms. The normalized spacial score (nSPS) is 25.1. The van der Waals surface area contributed by atoms with Gasteiger partial charge in [-0.3, -0.25) is 9.69 Å². The second kappa shape index (κ2) is 5.19. The average Bonchev–Trinajstić information content (AvgIpc) is 2.63. The van der Waals surface area contributed by atoms with Crippen LogP contribution in [0.1, 0.15) is 18.9 Å². The van der Waals surface area contributed by atoms with Crippen LogP contribution >= 0.6 is 15.9 Å². The Hall–Kier alpha value is -0.870. The highest BCUT2D eigenvalue weighted by Gasteiger charge is 2.36. The summed E-state index contributed by atoms with van der Waals surface area (Å²) in [6, 6.07) is 7.63. The molecule has 1 saturated heterocycles. The number of rotatable bonds is 3. The zero-order valence-corrected chi connectivity index (χ0v) is 11.4. The first-order valence-corrected chi connectivity index (χ1v) is 6.59. The Kier molecular flexibility index (Phi) is 3.84. The minimum atomic E-state index is -0.706.